The van der Waals surface area contributed by atoms with Gasteiger partial charge in [-0.1, -0.05) is 35.9 Å². The summed E-state index contributed by atoms with van der Waals surface area (Å²) in [6.45, 7) is 2.01. The zero-order valence-corrected chi connectivity index (χ0v) is 14.1. The number of para-hydroxylation sites is 1. The maximum atomic E-state index is 12.6. The fourth-order valence-electron chi connectivity index (χ4n) is 2.78. The Balaban J connectivity index is 1.72. The highest BCUT2D eigenvalue weighted by atomic mass is 32.2. The topological polar surface area (TPSA) is 46.9 Å². The molecule has 0 aliphatic carbocycles. The molecule has 2 aromatic carbocycles. The van der Waals surface area contributed by atoms with E-state index in [1.165, 1.54) is 0 Å². The van der Waals surface area contributed by atoms with Gasteiger partial charge in [-0.3, -0.25) is 4.79 Å². The molecule has 0 saturated heterocycles. The number of carbonyl (C=O) groups is 1. The number of aromatic nitrogens is 2. The fourth-order valence-corrected chi connectivity index (χ4v) is 3.82. The molecule has 24 heavy (non-hydrogen) atoms. The normalized spacial score (nSPS) is 12.9. The minimum atomic E-state index is -0.105. The van der Waals surface area contributed by atoms with Gasteiger partial charge < -0.3 is 5.32 Å². The molecule has 1 N–H and O–H groups in total. The Hall–Kier alpha value is -2.53. The Morgan fingerprint density at radius 1 is 1.08 bits per heavy atom. The highest BCUT2D eigenvalue weighted by Gasteiger charge is 2.24. The number of nitrogens with one attached hydrogen (secondary N) is 1. The van der Waals surface area contributed by atoms with Crippen LogP contribution in [-0.4, -0.2) is 15.7 Å². The van der Waals surface area contributed by atoms with Crippen LogP contribution in [0.2, 0.25) is 0 Å². The van der Waals surface area contributed by atoms with E-state index < -0.39 is 0 Å². The SMILES string of the molecule is Cc1ccc(C(=O)Nc2c3c(nn2-c2ccccc2)CSC3)cc1. The van der Waals surface area contributed by atoms with Crippen molar-refractivity contribution < 1.29 is 4.79 Å². The average molecular weight is 335 g/mol. The van der Waals surface area contributed by atoms with Crippen molar-refractivity contribution in [3.8, 4) is 5.69 Å². The highest BCUT2D eigenvalue weighted by molar-refractivity contribution is 7.98. The number of benzene rings is 2. The van der Waals surface area contributed by atoms with Crippen LogP contribution < -0.4 is 5.32 Å². The van der Waals surface area contributed by atoms with Gasteiger partial charge in [0.15, 0.2) is 0 Å². The van der Waals surface area contributed by atoms with Crippen LogP contribution in [-0.2, 0) is 11.5 Å². The van der Waals surface area contributed by atoms with Crippen LogP contribution in [0.4, 0.5) is 5.82 Å². The smallest absolute Gasteiger partial charge is 0.256 e. The Kier molecular flexibility index (Phi) is 3.86. The van der Waals surface area contributed by atoms with Crippen molar-refractivity contribution in [1.29, 1.82) is 0 Å². The molecule has 0 spiro atoms. The minimum absolute atomic E-state index is 0.105. The minimum Gasteiger partial charge on any atom is -0.306 e. The second kappa shape index (κ2) is 6.17. The predicted octanol–water partition coefficient (Wildman–Crippen LogP) is 4.18. The van der Waals surface area contributed by atoms with Crippen molar-refractivity contribution in [2.24, 2.45) is 0 Å². The third kappa shape index (κ3) is 2.71. The number of hydrogen-bond donors (Lipinski definition) is 1. The maximum absolute atomic E-state index is 12.6. The van der Waals surface area contributed by atoms with E-state index in [1.54, 1.807) is 0 Å². The number of rotatable bonds is 3. The lowest BCUT2D eigenvalue weighted by molar-refractivity contribution is 0.102. The first-order valence-corrected chi connectivity index (χ1v) is 9.00. The van der Waals surface area contributed by atoms with Crippen molar-refractivity contribution in [2.45, 2.75) is 18.4 Å². The van der Waals surface area contributed by atoms with Gasteiger partial charge in [0.05, 0.1) is 11.4 Å². The first-order valence-electron chi connectivity index (χ1n) is 7.84. The summed E-state index contributed by atoms with van der Waals surface area (Å²) in [4.78, 5) is 12.6. The van der Waals surface area contributed by atoms with E-state index in [1.807, 2.05) is 78.0 Å². The summed E-state index contributed by atoms with van der Waals surface area (Å²) in [7, 11) is 0. The molecule has 120 valence electrons. The van der Waals surface area contributed by atoms with E-state index in [9.17, 15) is 4.79 Å². The molecule has 0 unspecified atom stereocenters. The molecule has 1 aliphatic rings. The van der Waals surface area contributed by atoms with Gasteiger partial charge in [0.2, 0.25) is 0 Å². The zero-order valence-electron chi connectivity index (χ0n) is 13.3. The van der Waals surface area contributed by atoms with Gasteiger partial charge in [0.25, 0.3) is 5.91 Å². The highest BCUT2D eigenvalue weighted by Crippen LogP contribution is 2.36. The van der Waals surface area contributed by atoms with Gasteiger partial charge in [-0.15, -0.1) is 0 Å². The maximum Gasteiger partial charge on any atom is 0.256 e. The van der Waals surface area contributed by atoms with Crippen molar-refractivity contribution in [1.82, 2.24) is 9.78 Å². The number of thioether (sulfide) groups is 1. The zero-order chi connectivity index (χ0) is 16.5. The number of aryl methyl sites for hydroxylation is 1. The molecule has 1 amide bonds. The first kappa shape index (κ1) is 15.0. The van der Waals surface area contributed by atoms with Crippen molar-refractivity contribution in [2.75, 3.05) is 5.32 Å². The summed E-state index contributed by atoms with van der Waals surface area (Å²) in [5.74, 6) is 2.45. The predicted molar refractivity (Wildman–Crippen MR) is 97.7 cm³/mol. The number of hydrogen-bond acceptors (Lipinski definition) is 3. The number of nitrogens with zero attached hydrogens (tertiary/aromatic N) is 2. The van der Waals surface area contributed by atoms with E-state index >= 15 is 0 Å². The molecule has 4 rings (SSSR count). The van der Waals surface area contributed by atoms with Crippen molar-refractivity contribution in [3.05, 3.63) is 77.0 Å². The third-order valence-corrected chi connectivity index (χ3v) is 5.07. The summed E-state index contributed by atoms with van der Waals surface area (Å²) in [5.41, 5.74) is 4.93. The lowest BCUT2D eigenvalue weighted by atomic mass is 10.1. The first-order chi connectivity index (χ1) is 11.7. The van der Waals surface area contributed by atoms with E-state index in [2.05, 4.69) is 5.32 Å². The number of anilines is 1. The quantitative estimate of drug-likeness (QED) is 0.781. The molecule has 0 bridgehead atoms. The largest absolute Gasteiger partial charge is 0.306 e. The van der Waals surface area contributed by atoms with Crippen LogP contribution >= 0.6 is 11.8 Å². The number of fused-ring (bicyclic) bond motifs is 1. The lowest BCUT2D eigenvalue weighted by Crippen LogP contribution is -2.16. The number of carbonyl (C=O) groups excluding carboxylic acids is 1. The van der Waals surface area contributed by atoms with Crippen molar-refractivity contribution >= 4 is 23.5 Å². The van der Waals surface area contributed by atoms with Crippen LogP contribution in [0.3, 0.4) is 0 Å². The summed E-state index contributed by atoms with van der Waals surface area (Å²) < 4.78 is 1.84. The van der Waals surface area contributed by atoms with E-state index in [0.717, 1.165) is 39.8 Å². The molecule has 0 radical (unpaired) electrons. The Morgan fingerprint density at radius 2 is 1.83 bits per heavy atom. The summed E-state index contributed by atoms with van der Waals surface area (Å²) in [6.07, 6.45) is 0. The Bertz CT molecular complexity index is 885. The van der Waals surface area contributed by atoms with Crippen LogP contribution in [0.25, 0.3) is 5.69 Å². The molecule has 1 aromatic heterocycles. The van der Waals surface area contributed by atoms with E-state index in [0.29, 0.717) is 5.56 Å². The molecule has 0 saturated carbocycles. The lowest BCUT2D eigenvalue weighted by Gasteiger charge is -2.11. The third-order valence-electron chi connectivity index (χ3n) is 4.10. The molecule has 0 atom stereocenters. The molecular formula is C19H17N3OS. The van der Waals surface area contributed by atoms with Gasteiger partial charge >= 0.3 is 0 Å². The van der Waals surface area contributed by atoms with Crippen LogP contribution in [0.5, 0.6) is 0 Å². The van der Waals surface area contributed by atoms with Crippen molar-refractivity contribution in [3.63, 3.8) is 0 Å². The van der Waals surface area contributed by atoms with E-state index in [4.69, 9.17) is 5.10 Å². The van der Waals surface area contributed by atoms with Gasteiger partial charge in [0.1, 0.15) is 5.82 Å². The second-order valence-electron chi connectivity index (χ2n) is 5.83. The molecule has 5 heteroatoms. The molecule has 1 aliphatic heterocycles. The standard InChI is InChI=1S/C19H17N3OS/c1-13-7-9-14(10-8-13)19(23)20-18-16-11-24-12-17(16)21-22(18)15-5-3-2-4-6-15/h2-10H,11-12H2,1H3,(H,20,23). The second-order valence-corrected chi connectivity index (χ2v) is 6.82. The van der Waals surface area contributed by atoms with Gasteiger partial charge in [-0.2, -0.15) is 16.9 Å². The molecule has 2 heterocycles. The summed E-state index contributed by atoms with van der Waals surface area (Å²) >= 11 is 1.83. The van der Waals surface area contributed by atoms with Gasteiger partial charge in [-0.25, -0.2) is 4.68 Å². The van der Waals surface area contributed by atoms with Crippen LogP contribution in [0, 0.1) is 6.92 Å². The average Bonchev–Trinajstić information content (AvgIpc) is 3.19. The molecule has 0 fully saturated rings. The molecular weight excluding hydrogens is 318 g/mol. The molecule has 4 nitrogen and oxygen atoms in total. The Labute approximate surface area is 144 Å². The summed E-state index contributed by atoms with van der Waals surface area (Å²) in [5, 5.41) is 7.78. The van der Waals surface area contributed by atoms with Gasteiger partial charge in [0, 0.05) is 22.6 Å². The Morgan fingerprint density at radius 3 is 2.58 bits per heavy atom. The molecule has 3 aromatic rings. The number of amides is 1. The van der Waals surface area contributed by atoms with Crippen LogP contribution in [0.15, 0.2) is 54.6 Å². The van der Waals surface area contributed by atoms with E-state index in [-0.39, 0.29) is 5.91 Å². The van der Waals surface area contributed by atoms with Crippen LogP contribution in [0.1, 0.15) is 27.2 Å². The fraction of sp³-hybridized carbons (Fsp3) is 0.158. The summed E-state index contributed by atoms with van der Waals surface area (Å²) in [6, 6.07) is 17.5. The monoisotopic (exact) mass is 335 g/mol. The van der Waals surface area contributed by atoms with Gasteiger partial charge in [-0.05, 0) is 31.2 Å².